The van der Waals surface area contributed by atoms with Crippen LogP contribution in [0.4, 0.5) is 8.78 Å². The predicted octanol–water partition coefficient (Wildman–Crippen LogP) is 2.08. The number of aromatic hydroxyl groups is 1. The quantitative estimate of drug-likeness (QED) is 0.715. The number of hydrogen-bond acceptors (Lipinski definition) is 4. The Morgan fingerprint density at radius 3 is 2.42 bits per heavy atom. The Kier molecular flexibility index (Phi) is 6.17. The first kappa shape index (κ1) is 20.1. The highest BCUT2D eigenvalue weighted by atomic mass is 19.3. The van der Waals surface area contributed by atoms with Crippen molar-refractivity contribution < 1.29 is 28.2 Å². The monoisotopic (exact) mass is 370 g/mol. The molecule has 0 saturated carbocycles. The summed E-state index contributed by atoms with van der Waals surface area (Å²) in [7, 11) is 0. The molecule has 0 unspecified atom stereocenters. The van der Waals surface area contributed by atoms with Gasteiger partial charge >= 0.3 is 0 Å². The number of hydrogen-bond donors (Lipinski definition) is 3. The van der Waals surface area contributed by atoms with E-state index in [1.54, 1.807) is 0 Å². The molecule has 1 saturated heterocycles. The third-order valence-corrected chi connectivity index (χ3v) is 4.22. The number of carbonyl (C=O) groups excluding carboxylic acids is 2. The molecule has 1 fully saturated rings. The van der Waals surface area contributed by atoms with Crippen molar-refractivity contribution >= 4 is 11.8 Å². The van der Waals surface area contributed by atoms with Gasteiger partial charge in [0, 0.05) is 5.56 Å². The molecule has 26 heavy (non-hydrogen) atoms. The first-order valence-electron chi connectivity index (χ1n) is 8.50. The van der Waals surface area contributed by atoms with Gasteiger partial charge in [0.1, 0.15) is 24.4 Å². The molecule has 1 aliphatic rings. The number of alkyl halides is 2. The van der Waals surface area contributed by atoms with Crippen LogP contribution >= 0.6 is 0 Å². The molecule has 1 heterocycles. The smallest absolute Gasteiger partial charge is 0.293 e. The minimum Gasteiger partial charge on any atom is -0.508 e. The van der Waals surface area contributed by atoms with Crippen LogP contribution in [0.15, 0.2) is 24.3 Å². The van der Waals surface area contributed by atoms with Gasteiger partial charge in [-0.1, -0.05) is 13.8 Å². The lowest BCUT2D eigenvalue weighted by atomic mass is 10.0. The molecule has 0 aliphatic carbocycles. The van der Waals surface area contributed by atoms with Crippen molar-refractivity contribution in [1.29, 1.82) is 0 Å². The van der Waals surface area contributed by atoms with Crippen molar-refractivity contribution in [1.82, 2.24) is 10.6 Å². The van der Waals surface area contributed by atoms with Gasteiger partial charge in [-0.25, -0.2) is 8.78 Å². The minimum absolute atomic E-state index is 0.00970. The predicted molar refractivity (Wildman–Crippen MR) is 91.1 cm³/mol. The van der Waals surface area contributed by atoms with Crippen LogP contribution in [-0.2, 0) is 9.53 Å². The largest absolute Gasteiger partial charge is 0.508 e. The molecule has 8 heteroatoms. The highest BCUT2D eigenvalue weighted by Crippen LogP contribution is 2.30. The average Bonchev–Trinajstić information content (AvgIpc) is 2.81. The molecule has 1 aliphatic heterocycles. The third kappa shape index (κ3) is 4.91. The normalized spacial score (nSPS) is 22.8. The fourth-order valence-corrected chi connectivity index (χ4v) is 2.81. The number of nitrogens with one attached hydrogen (secondary N) is 2. The third-order valence-electron chi connectivity index (χ3n) is 4.22. The zero-order valence-corrected chi connectivity index (χ0v) is 15.0. The van der Waals surface area contributed by atoms with Crippen LogP contribution in [0.1, 0.15) is 37.6 Å². The molecular formula is C18H24F2N2O4. The van der Waals surface area contributed by atoms with E-state index in [0.717, 1.165) is 0 Å². The lowest BCUT2D eigenvalue weighted by Crippen LogP contribution is -2.56. The molecule has 1 aromatic carbocycles. The van der Waals surface area contributed by atoms with Crippen LogP contribution in [0.3, 0.4) is 0 Å². The summed E-state index contributed by atoms with van der Waals surface area (Å²) in [6.07, 6.45) is -0.523. The molecule has 1 aromatic rings. The van der Waals surface area contributed by atoms with E-state index in [9.17, 15) is 23.5 Å². The summed E-state index contributed by atoms with van der Waals surface area (Å²) in [5.74, 6) is -4.28. The van der Waals surface area contributed by atoms with E-state index in [4.69, 9.17) is 4.74 Å². The van der Waals surface area contributed by atoms with E-state index >= 15 is 0 Å². The molecule has 3 atom stereocenters. The first-order chi connectivity index (χ1) is 12.1. The fraction of sp³-hybridized carbons (Fsp3) is 0.556. The van der Waals surface area contributed by atoms with Gasteiger partial charge in [-0.2, -0.15) is 0 Å². The van der Waals surface area contributed by atoms with E-state index in [2.05, 4.69) is 10.6 Å². The van der Waals surface area contributed by atoms with Gasteiger partial charge in [-0.15, -0.1) is 0 Å². The minimum atomic E-state index is -3.15. The van der Waals surface area contributed by atoms with E-state index in [-0.39, 0.29) is 17.2 Å². The summed E-state index contributed by atoms with van der Waals surface area (Å²) < 4.78 is 32.6. The highest BCUT2D eigenvalue weighted by molar-refractivity contribution is 5.97. The molecule has 2 rings (SSSR count). The molecular weight excluding hydrogens is 346 g/mol. The first-order valence-corrected chi connectivity index (χ1v) is 8.50. The second-order valence-corrected chi connectivity index (χ2v) is 6.97. The number of phenols is 1. The van der Waals surface area contributed by atoms with Crippen molar-refractivity contribution in [2.75, 3.05) is 6.61 Å². The molecule has 0 bridgehead atoms. The fourth-order valence-electron chi connectivity index (χ4n) is 2.81. The van der Waals surface area contributed by atoms with Crippen molar-refractivity contribution in [3.8, 4) is 5.75 Å². The van der Waals surface area contributed by atoms with E-state index in [1.165, 1.54) is 31.2 Å². The van der Waals surface area contributed by atoms with Crippen LogP contribution < -0.4 is 10.6 Å². The highest BCUT2D eigenvalue weighted by Gasteiger charge is 2.50. The van der Waals surface area contributed by atoms with E-state index in [1.807, 2.05) is 13.8 Å². The van der Waals surface area contributed by atoms with E-state index in [0.29, 0.717) is 6.42 Å². The Morgan fingerprint density at radius 2 is 1.92 bits per heavy atom. The molecule has 3 N–H and O–H groups in total. The maximum Gasteiger partial charge on any atom is 0.293 e. The summed E-state index contributed by atoms with van der Waals surface area (Å²) in [5, 5.41) is 14.2. The maximum atomic E-state index is 13.9. The molecule has 0 spiro atoms. The zero-order chi connectivity index (χ0) is 19.5. The van der Waals surface area contributed by atoms with Gasteiger partial charge < -0.3 is 20.5 Å². The molecule has 2 amide bonds. The summed E-state index contributed by atoms with van der Waals surface area (Å²) in [6.45, 7) is 4.46. The number of amides is 2. The lowest BCUT2D eigenvalue weighted by molar-refractivity contribution is -0.126. The number of benzene rings is 1. The Labute approximate surface area is 150 Å². The van der Waals surface area contributed by atoms with Gasteiger partial charge in [0.25, 0.3) is 11.8 Å². The van der Waals surface area contributed by atoms with Gasteiger partial charge in [0.15, 0.2) is 0 Å². The summed E-state index contributed by atoms with van der Waals surface area (Å²) in [4.78, 5) is 24.9. The second kappa shape index (κ2) is 7.99. The summed E-state index contributed by atoms with van der Waals surface area (Å²) in [5.41, 5.74) is 0.257. The van der Waals surface area contributed by atoms with Crippen LogP contribution in [0.25, 0.3) is 0 Å². The van der Waals surface area contributed by atoms with Crippen LogP contribution in [-0.4, -0.2) is 47.6 Å². The Hall–Kier alpha value is -2.22. The van der Waals surface area contributed by atoms with Gasteiger partial charge in [-0.3, -0.25) is 9.59 Å². The molecule has 0 radical (unpaired) electrons. The van der Waals surface area contributed by atoms with Gasteiger partial charge in [0.2, 0.25) is 5.91 Å². The van der Waals surface area contributed by atoms with Gasteiger partial charge in [-0.05, 0) is 43.5 Å². The van der Waals surface area contributed by atoms with E-state index < -0.39 is 42.5 Å². The number of rotatable bonds is 6. The zero-order valence-electron chi connectivity index (χ0n) is 15.0. The summed E-state index contributed by atoms with van der Waals surface area (Å²) in [6, 6.07) is 3.14. The second-order valence-electron chi connectivity index (χ2n) is 6.97. The average molecular weight is 370 g/mol. The van der Waals surface area contributed by atoms with Crippen molar-refractivity contribution in [3.63, 3.8) is 0 Å². The molecule has 144 valence electrons. The van der Waals surface area contributed by atoms with Crippen LogP contribution in [0.2, 0.25) is 0 Å². The molecule has 0 aromatic heterocycles. The van der Waals surface area contributed by atoms with Crippen molar-refractivity contribution in [2.24, 2.45) is 5.92 Å². The Morgan fingerprint density at radius 1 is 1.31 bits per heavy atom. The lowest BCUT2D eigenvalue weighted by Gasteiger charge is -2.26. The van der Waals surface area contributed by atoms with Crippen molar-refractivity contribution in [2.45, 2.75) is 51.3 Å². The van der Waals surface area contributed by atoms with Crippen molar-refractivity contribution in [3.05, 3.63) is 29.8 Å². The molecule has 6 nitrogen and oxygen atoms in total. The van der Waals surface area contributed by atoms with Gasteiger partial charge in [0.05, 0.1) is 6.10 Å². The van der Waals surface area contributed by atoms with Crippen LogP contribution in [0, 0.1) is 5.92 Å². The Balaban J connectivity index is 2.09. The number of carbonyl (C=O) groups is 2. The number of phenolic OH excluding ortho intramolecular Hbond substituents is 1. The Bertz CT molecular complexity index is 649. The standard InChI is InChI=1S/C18H24F2N2O4/c1-10(2)8-14(21-16(24)12-4-6-13(23)7-5-12)17(25)22-15-11(3)26-9-18(15,19)20/h4-7,10-11,14-15,23H,8-9H2,1-3H3,(H,21,24)(H,22,25)/t11-,14+,15+/m1/s1. The summed E-state index contributed by atoms with van der Waals surface area (Å²) >= 11 is 0. The SMILES string of the molecule is CC(C)C[C@H](NC(=O)c1ccc(O)cc1)C(=O)N[C@H]1[C@@H](C)OCC1(F)F. The topological polar surface area (TPSA) is 87.7 Å². The van der Waals surface area contributed by atoms with Crippen LogP contribution in [0.5, 0.6) is 5.75 Å². The maximum absolute atomic E-state index is 13.9. The number of ether oxygens (including phenoxy) is 1. The number of halogens is 2.